The molecule has 0 heterocycles. The van der Waals surface area contributed by atoms with Crippen LogP contribution in [-0.2, 0) is 4.79 Å². The summed E-state index contributed by atoms with van der Waals surface area (Å²) in [5.74, 6) is 1.22. The molecule has 1 saturated carbocycles. The van der Waals surface area contributed by atoms with Gasteiger partial charge in [-0.3, -0.25) is 4.79 Å². The minimum Gasteiger partial charge on any atom is -0.493 e. The second kappa shape index (κ2) is 9.28. The Hall–Kier alpha value is -2.48. The highest BCUT2D eigenvalue weighted by atomic mass is 16.5. The first-order valence-corrected chi connectivity index (χ1v) is 9.22. The molecule has 5 nitrogen and oxygen atoms in total. The van der Waals surface area contributed by atoms with Crippen molar-refractivity contribution in [3.05, 3.63) is 29.3 Å². The summed E-state index contributed by atoms with van der Waals surface area (Å²) >= 11 is 0. The Labute approximate surface area is 156 Å². The molecule has 5 heteroatoms. The summed E-state index contributed by atoms with van der Waals surface area (Å²) < 4.78 is 11.2. The monoisotopic (exact) mass is 356 g/mol. The van der Waals surface area contributed by atoms with E-state index in [2.05, 4.69) is 12.2 Å². The zero-order valence-electron chi connectivity index (χ0n) is 16.0. The molecule has 1 aromatic rings. The zero-order chi connectivity index (χ0) is 19.1. The Morgan fingerprint density at radius 2 is 2.08 bits per heavy atom. The summed E-state index contributed by atoms with van der Waals surface area (Å²) in [5.41, 5.74) is 0.728. The van der Waals surface area contributed by atoms with Crippen molar-refractivity contribution in [2.75, 3.05) is 7.11 Å². The molecule has 0 bridgehead atoms. The maximum absolute atomic E-state index is 12.6. The van der Waals surface area contributed by atoms with Crippen molar-refractivity contribution in [3.8, 4) is 17.6 Å². The summed E-state index contributed by atoms with van der Waals surface area (Å²) in [4.78, 5) is 12.6. The molecular formula is C21H28N2O3. The van der Waals surface area contributed by atoms with E-state index in [1.165, 1.54) is 6.42 Å². The Kier molecular flexibility index (Phi) is 7.08. The van der Waals surface area contributed by atoms with Crippen molar-refractivity contribution in [1.29, 1.82) is 5.26 Å². The summed E-state index contributed by atoms with van der Waals surface area (Å²) in [5, 5.41) is 12.5. The number of nitriles is 1. The molecule has 140 valence electrons. The van der Waals surface area contributed by atoms with Gasteiger partial charge < -0.3 is 14.8 Å². The second-order valence-corrected chi connectivity index (χ2v) is 7.06. The van der Waals surface area contributed by atoms with Crippen LogP contribution in [0.25, 0.3) is 6.08 Å². The largest absolute Gasteiger partial charge is 0.493 e. The molecular weight excluding hydrogens is 328 g/mol. The van der Waals surface area contributed by atoms with Crippen LogP contribution in [0.1, 0.15) is 52.0 Å². The van der Waals surface area contributed by atoms with Crippen molar-refractivity contribution in [2.45, 2.75) is 58.6 Å². The van der Waals surface area contributed by atoms with Crippen molar-refractivity contribution in [3.63, 3.8) is 0 Å². The van der Waals surface area contributed by atoms with Gasteiger partial charge in [0.2, 0.25) is 0 Å². The van der Waals surface area contributed by atoms with Crippen molar-refractivity contribution >= 4 is 12.0 Å². The molecule has 1 aliphatic rings. The van der Waals surface area contributed by atoms with Gasteiger partial charge in [0, 0.05) is 11.6 Å². The minimum absolute atomic E-state index is 0.0547. The molecule has 0 unspecified atom stereocenters. The lowest BCUT2D eigenvalue weighted by Crippen LogP contribution is -2.41. The van der Waals surface area contributed by atoms with Gasteiger partial charge in [0.15, 0.2) is 11.5 Å². The Morgan fingerprint density at radius 3 is 2.69 bits per heavy atom. The molecule has 0 aromatic heterocycles. The molecule has 1 N–H and O–H groups in total. The summed E-state index contributed by atoms with van der Waals surface area (Å²) in [7, 11) is 1.57. The zero-order valence-corrected chi connectivity index (χ0v) is 16.0. The third-order valence-corrected chi connectivity index (χ3v) is 4.68. The van der Waals surface area contributed by atoms with Gasteiger partial charge >= 0.3 is 0 Å². The molecule has 1 aliphatic carbocycles. The molecule has 0 radical (unpaired) electrons. The molecule has 1 fully saturated rings. The fraction of sp³-hybridized carbons (Fsp3) is 0.524. The third-order valence-electron chi connectivity index (χ3n) is 4.68. The van der Waals surface area contributed by atoms with Crippen LogP contribution in [0.15, 0.2) is 23.8 Å². The standard InChI is InChI=1S/C21H28N2O3/c1-14(2)26-20-16(9-7-11-19(20)25-4)12-17(13-22)21(24)23-18-10-6-5-8-15(18)3/h7,9,11-12,14-15,18H,5-6,8,10H2,1-4H3,(H,23,24)/b17-12+/t15-,18-/m0/s1. The van der Waals surface area contributed by atoms with E-state index in [4.69, 9.17) is 9.47 Å². The van der Waals surface area contributed by atoms with Gasteiger partial charge in [-0.15, -0.1) is 0 Å². The number of nitrogens with one attached hydrogen (secondary N) is 1. The molecule has 1 aromatic carbocycles. The van der Waals surface area contributed by atoms with E-state index in [9.17, 15) is 10.1 Å². The van der Waals surface area contributed by atoms with E-state index in [-0.39, 0.29) is 23.6 Å². The van der Waals surface area contributed by atoms with Crippen LogP contribution in [0.5, 0.6) is 11.5 Å². The number of hydrogen-bond donors (Lipinski definition) is 1. The van der Waals surface area contributed by atoms with Crippen molar-refractivity contribution in [1.82, 2.24) is 5.32 Å². The van der Waals surface area contributed by atoms with Crippen LogP contribution in [0, 0.1) is 17.2 Å². The normalized spacial score (nSPS) is 20.4. The molecule has 2 atom stereocenters. The first-order valence-electron chi connectivity index (χ1n) is 9.22. The smallest absolute Gasteiger partial charge is 0.262 e. The predicted octanol–water partition coefficient (Wildman–Crippen LogP) is 4.08. The number of para-hydroxylation sites is 1. The molecule has 0 saturated heterocycles. The highest BCUT2D eigenvalue weighted by Gasteiger charge is 2.24. The Balaban J connectivity index is 2.27. The summed E-state index contributed by atoms with van der Waals surface area (Å²) in [6.07, 6.45) is 5.91. The van der Waals surface area contributed by atoms with E-state index in [1.54, 1.807) is 19.3 Å². The lowest BCUT2D eigenvalue weighted by atomic mass is 9.86. The number of amides is 1. The number of benzene rings is 1. The Bertz CT molecular complexity index is 704. The van der Waals surface area contributed by atoms with Crippen LogP contribution < -0.4 is 14.8 Å². The molecule has 1 amide bonds. The lowest BCUT2D eigenvalue weighted by Gasteiger charge is -2.29. The topological polar surface area (TPSA) is 71.3 Å². The third kappa shape index (κ3) is 5.01. The molecule has 2 rings (SSSR count). The number of ether oxygens (including phenoxy) is 2. The van der Waals surface area contributed by atoms with Crippen LogP contribution in [-0.4, -0.2) is 25.2 Å². The first kappa shape index (κ1) is 19.8. The molecule has 0 aliphatic heterocycles. The Morgan fingerprint density at radius 1 is 1.35 bits per heavy atom. The van der Waals surface area contributed by atoms with Crippen LogP contribution in [0.4, 0.5) is 0 Å². The van der Waals surface area contributed by atoms with Crippen molar-refractivity contribution < 1.29 is 14.3 Å². The quantitative estimate of drug-likeness (QED) is 0.616. The van der Waals surface area contributed by atoms with Gasteiger partial charge in [-0.05, 0) is 44.7 Å². The minimum atomic E-state index is -0.329. The van der Waals surface area contributed by atoms with E-state index >= 15 is 0 Å². The van der Waals surface area contributed by atoms with Crippen LogP contribution in [0.3, 0.4) is 0 Å². The first-order chi connectivity index (χ1) is 12.5. The number of carbonyl (C=O) groups is 1. The van der Waals surface area contributed by atoms with Gasteiger partial charge in [-0.1, -0.05) is 31.9 Å². The fourth-order valence-electron chi connectivity index (χ4n) is 3.25. The number of methoxy groups -OCH3 is 1. The summed E-state index contributed by atoms with van der Waals surface area (Å²) in [6.45, 7) is 5.99. The van der Waals surface area contributed by atoms with Gasteiger partial charge in [0.25, 0.3) is 5.91 Å². The van der Waals surface area contributed by atoms with Crippen LogP contribution in [0.2, 0.25) is 0 Å². The number of nitrogens with zero attached hydrogens (tertiary/aromatic N) is 1. The lowest BCUT2D eigenvalue weighted by molar-refractivity contribution is -0.118. The number of rotatable bonds is 6. The van der Waals surface area contributed by atoms with Crippen LogP contribution >= 0.6 is 0 Å². The van der Waals surface area contributed by atoms with Crippen molar-refractivity contribution in [2.24, 2.45) is 5.92 Å². The number of hydrogen-bond acceptors (Lipinski definition) is 4. The average molecular weight is 356 g/mol. The maximum atomic E-state index is 12.6. The van der Waals surface area contributed by atoms with Gasteiger partial charge in [0.1, 0.15) is 11.6 Å². The second-order valence-electron chi connectivity index (χ2n) is 7.06. The van der Waals surface area contributed by atoms with E-state index in [0.717, 1.165) is 19.3 Å². The molecule has 0 spiro atoms. The molecule has 26 heavy (non-hydrogen) atoms. The highest BCUT2D eigenvalue weighted by Crippen LogP contribution is 2.33. The maximum Gasteiger partial charge on any atom is 0.262 e. The summed E-state index contributed by atoms with van der Waals surface area (Å²) in [6, 6.07) is 7.58. The van der Waals surface area contributed by atoms with Gasteiger partial charge in [0.05, 0.1) is 13.2 Å². The van der Waals surface area contributed by atoms with E-state index in [0.29, 0.717) is 23.0 Å². The highest BCUT2D eigenvalue weighted by molar-refractivity contribution is 6.02. The van der Waals surface area contributed by atoms with Gasteiger partial charge in [-0.2, -0.15) is 5.26 Å². The predicted molar refractivity (Wildman–Crippen MR) is 102 cm³/mol. The van der Waals surface area contributed by atoms with E-state index < -0.39 is 0 Å². The van der Waals surface area contributed by atoms with Gasteiger partial charge in [-0.25, -0.2) is 0 Å². The SMILES string of the molecule is COc1cccc(/C=C(\C#N)C(=O)N[C@H]2CCCC[C@@H]2C)c1OC(C)C. The average Bonchev–Trinajstić information content (AvgIpc) is 2.62. The van der Waals surface area contributed by atoms with E-state index in [1.807, 2.05) is 32.0 Å². The fourth-order valence-corrected chi connectivity index (χ4v) is 3.25. The number of carbonyl (C=O) groups excluding carboxylic acids is 1.